The minimum Gasteiger partial charge on any atom is -0.465 e. The van der Waals surface area contributed by atoms with Crippen molar-refractivity contribution in [2.24, 2.45) is 0 Å². The van der Waals surface area contributed by atoms with Crippen LogP contribution in [0.25, 0.3) is 10.8 Å². The number of ether oxygens (including phenoxy) is 1. The maximum absolute atomic E-state index is 13.0. The van der Waals surface area contributed by atoms with Gasteiger partial charge in [0.1, 0.15) is 0 Å². The molecule has 1 amide bonds. The van der Waals surface area contributed by atoms with E-state index in [0.29, 0.717) is 17.7 Å². The van der Waals surface area contributed by atoms with Gasteiger partial charge >= 0.3 is 5.97 Å². The maximum atomic E-state index is 13.0. The molecule has 0 radical (unpaired) electrons. The van der Waals surface area contributed by atoms with Crippen LogP contribution in [0, 0.1) is 0 Å². The maximum Gasteiger partial charge on any atom is 0.337 e. The van der Waals surface area contributed by atoms with Gasteiger partial charge < -0.3 is 9.64 Å². The van der Waals surface area contributed by atoms with E-state index in [1.54, 1.807) is 11.0 Å². The first kappa shape index (κ1) is 15.4. The lowest BCUT2D eigenvalue weighted by molar-refractivity contribution is 0.0600. The Bertz CT molecular complexity index is 993. The number of methoxy groups -OCH3 is 1. The van der Waals surface area contributed by atoms with Crippen molar-refractivity contribution in [3.63, 3.8) is 0 Å². The van der Waals surface area contributed by atoms with E-state index in [9.17, 15) is 9.59 Å². The van der Waals surface area contributed by atoms with Gasteiger partial charge in [0.05, 0.1) is 12.7 Å². The summed E-state index contributed by atoms with van der Waals surface area (Å²) in [7, 11) is 1.37. The zero-order valence-electron chi connectivity index (χ0n) is 13.9. The number of carbonyl (C=O) groups is 2. The van der Waals surface area contributed by atoms with Crippen LogP contribution in [-0.2, 0) is 11.2 Å². The van der Waals surface area contributed by atoms with Crippen molar-refractivity contribution in [2.45, 2.75) is 6.42 Å². The van der Waals surface area contributed by atoms with Crippen LogP contribution < -0.4 is 4.90 Å². The summed E-state index contributed by atoms with van der Waals surface area (Å²) >= 11 is 0. The number of esters is 1. The Morgan fingerprint density at radius 1 is 0.920 bits per heavy atom. The number of amides is 1. The first-order valence-corrected chi connectivity index (χ1v) is 8.19. The number of anilines is 1. The minimum atomic E-state index is -0.359. The Kier molecular flexibility index (Phi) is 3.73. The van der Waals surface area contributed by atoms with Gasteiger partial charge in [0.15, 0.2) is 0 Å². The predicted octanol–water partition coefficient (Wildman–Crippen LogP) is 3.83. The van der Waals surface area contributed by atoms with Crippen molar-refractivity contribution in [1.29, 1.82) is 0 Å². The molecule has 0 N–H and O–H groups in total. The second kappa shape index (κ2) is 6.06. The molecule has 4 nitrogen and oxygen atoms in total. The van der Waals surface area contributed by atoms with Crippen LogP contribution in [0.15, 0.2) is 60.7 Å². The van der Waals surface area contributed by atoms with Gasteiger partial charge in [-0.3, -0.25) is 4.79 Å². The highest BCUT2D eigenvalue weighted by molar-refractivity contribution is 6.09. The number of hydrogen-bond donors (Lipinski definition) is 0. The van der Waals surface area contributed by atoms with Crippen molar-refractivity contribution in [3.8, 4) is 0 Å². The number of carbonyl (C=O) groups excluding carboxylic acids is 2. The number of nitrogens with zero attached hydrogens (tertiary/aromatic N) is 1. The van der Waals surface area contributed by atoms with Gasteiger partial charge in [-0.1, -0.05) is 30.3 Å². The lowest BCUT2D eigenvalue weighted by Gasteiger charge is -2.18. The molecule has 3 aromatic rings. The zero-order chi connectivity index (χ0) is 17.4. The number of benzene rings is 3. The normalized spacial score (nSPS) is 12.9. The smallest absolute Gasteiger partial charge is 0.337 e. The fraction of sp³-hybridized carbons (Fsp3) is 0.143. The van der Waals surface area contributed by atoms with Crippen molar-refractivity contribution in [1.82, 2.24) is 0 Å². The standard InChI is InChI=1S/C21H17NO3/c1-25-21(24)18-8-9-19-16(13-18)10-11-22(19)20(23)17-7-6-14-4-2-3-5-15(14)12-17/h2-9,12-13H,10-11H2,1H3. The Morgan fingerprint density at radius 3 is 2.48 bits per heavy atom. The van der Waals surface area contributed by atoms with Gasteiger partial charge in [0, 0.05) is 17.8 Å². The highest BCUT2D eigenvalue weighted by Gasteiger charge is 2.26. The molecule has 0 unspecified atom stereocenters. The fourth-order valence-electron chi connectivity index (χ4n) is 3.34. The molecule has 4 heteroatoms. The predicted molar refractivity (Wildman–Crippen MR) is 97.1 cm³/mol. The molecule has 0 fully saturated rings. The van der Waals surface area contributed by atoms with Crippen LogP contribution in [-0.4, -0.2) is 25.5 Å². The lowest BCUT2D eigenvalue weighted by Crippen LogP contribution is -2.28. The van der Waals surface area contributed by atoms with Gasteiger partial charge in [0.25, 0.3) is 5.91 Å². The van der Waals surface area contributed by atoms with E-state index in [1.165, 1.54) is 7.11 Å². The van der Waals surface area contributed by atoms with E-state index < -0.39 is 0 Å². The van der Waals surface area contributed by atoms with Crippen molar-refractivity contribution < 1.29 is 14.3 Å². The van der Waals surface area contributed by atoms with E-state index in [0.717, 1.165) is 28.4 Å². The van der Waals surface area contributed by atoms with Gasteiger partial charge in [-0.2, -0.15) is 0 Å². The van der Waals surface area contributed by atoms with Crippen molar-refractivity contribution >= 4 is 28.3 Å². The van der Waals surface area contributed by atoms with E-state index in [4.69, 9.17) is 4.74 Å². The third-order valence-electron chi connectivity index (χ3n) is 4.64. The van der Waals surface area contributed by atoms with E-state index in [2.05, 4.69) is 0 Å². The molecule has 0 aromatic heterocycles. The molecule has 4 rings (SSSR count). The molecule has 1 aliphatic rings. The number of fused-ring (bicyclic) bond motifs is 2. The molecule has 3 aromatic carbocycles. The summed E-state index contributed by atoms with van der Waals surface area (Å²) in [5, 5.41) is 2.16. The molecule has 0 atom stereocenters. The molecule has 25 heavy (non-hydrogen) atoms. The number of rotatable bonds is 2. The summed E-state index contributed by atoms with van der Waals surface area (Å²) in [5.41, 5.74) is 3.05. The monoisotopic (exact) mass is 331 g/mol. The molecule has 0 saturated heterocycles. The number of hydrogen-bond acceptors (Lipinski definition) is 3. The Morgan fingerprint density at radius 2 is 1.68 bits per heavy atom. The van der Waals surface area contributed by atoms with Gasteiger partial charge in [-0.15, -0.1) is 0 Å². The molecular formula is C21H17NO3. The minimum absolute atomic E-state index is 0.0182. The van der Waals surface area contributed by atoms with Crippen molar-refractivity contribution in [3.05, 3.63) is 77.4 Å². The molecule has 1 aliphatic heterocycles. The zero-order valence-corrected chi connectivity index (χ0v) is 13.9. The van der Waals surface area contributed by atoms with Crippen molar-refractivity contribution in [2.75, 3.05) is 18.6 Å². The average Bonchev–Trinajstić information content (AvgIpc) is 3.09. The molecule has 1 heterocycles. The molecule has 0 saturated carbocycles. The second-order valence-corrected chi connectivity index (χ2v) is 6.10. The van der Waals surface area contributed by atoms with Crippen LogP contribution in [0.1, 0.15) is 26.3 Å². The second-order valence-electron chi connectivity index (χ2n) is 6.10. The first-order chi connectivity index (χ1) is 12.2. The summed E-state index contributed by atoms with van der Waals surface area (Å²) in [6.07, 6.45) is 0.736. The largest absolute Gasteiger partial charge is 0.465 e. The van der Waals surface area contributed by atoms with Crippen LogP contribution in [0.3, 0.4) is 0 Å². The molecule has 0 spiro atoms. The van der Waals surface area contributed by atoms with Gasteiger partial charge in [-0.05, 0) is 53.1 Å². The highest BCUT2D eigenvalue weighted by atomic mass is 16.5. The Hall–Kier alpha value is -3.14. The van der Waals surface area contributed by atoms with E-state index in [1.807, 2.05) is 54.6 Å². The molecular weight excluding hydrogens is 314 g/mol. The summed E-state index contributed by atoms with van der Waals surface area (Å²) in [4.78, 5) is 26.4. The SMILES string of the molecule is COC(=O)c1ccc2c(c1)CCN2C(=O)c1ccc2ccccc2c1. The molecule has 0 bridgehead atoms. The highest BCUT2D eigenvalue weighted by Crippen LogP contribution is 2.31. The van der Waals surface area contributed by atoms with E-state index >= 15 is 0 Å². The lowest BCUT2D eigenvalue weighted by atomic mass is 10.1. The third-order valence-corrected chi connectivity index (χ3v) is 4.64. The fourth-order valence-corrected chi connectivity index (χ4v) is 3.34. The van der Waals surface area contributed by atoms with Crippen LogP contribution in [0.5, 0.6) is 0 Å². The van der Waals surface area contributed by atoms with Gasteiger partial charge in [-0.25, -0.2) is 4.79 Å². The van der Waals surface area contributed by atoms with Crippen LogP contribution in [0.2, 0.25) is 0 Å². The Balaban J connectivity index is 1.67. The van der Waals surface area contributed by atoms with Gasteiger partial charge in [0.2, 0.25) is 0 Å². The average molecular weight is 331 g/mol. The quantitative estimate of drug-likeness (QED) is 0.671. The topological polar surface area (TPSA) is 46.6 Å². The molecule has 0 aliphatic carbocycles. The summed E-state index contributed by atoms with van der Waals surface area (Å²) in [5.74, 6) is -0.377. The molecule has 124 valence electrons. The summed E-state index contributed by atoms with van der Waals surface area (Å²) in [6, 6.07) is 19.1. The van der Waals surface area contributed by atoms with E-state index in [-0.39, 0.29) is 11.9 Å². The summed E-state index contributed by atoms with van der Waals surface area (Å²) in [6.45, 7) is 0.617. The Labute approximate surface area is 145 Å². The van der Waals surface area contributed by atoms with Crippen LogP contribution in [0.4, 0.5) is 5.69 Å². The van der Waals surface area contributed by atoms with Crippen LogP contribution >= 0.6 is 0 Å². The first-order valence-electron chi connectivity index (χ1n) is 8.19. The third kappa shape index (κ3) is 2.66. The summed E-state index contributed by atoms with van der Waals surface area (Å²) < 4.78 is 4.76.